The van der Waals surface area contributed by atoms with Crippen LogP contribution in [0.15, 0.2) is 0 Å². The molecule has 0 N–H and O–H groups in total. The second-order valence-electron chi connectivity index (χ2n) is 2.56. The molecular formula is C6H11O2. The van der Waals surface area contributed by atoms with Crippen molar-refractivity contribution in [3.8, 4) is 0 Å². The minimum Gasteiger partial charge on any atom is -0.230 e. The predicted octanol–water partition coefficient (Wildman–Crippen LogP) is 1.32. The average molecular weight is 115 g/mol. The molecule has 1 atom stereocenters. The maximum atomic E-state index is 4.78. The molecule has 1 unspecified atom stereocenters. The fourth-order valence-electron chi connectivity index (χ4n) is 0.704. The molecule has 0 bridgehead atoms. The molecule has 1 aliphatic rings. The summed E-state index contributed by atoms with van der Waals surface area (Å²) >= 11 is 0. The Kier molecular flexibility index (Phi) is 1.29. The molecule has 1 rings (SSSR count). The molecule has 0 aliphatic carbocycles. The number of hydrogen-bond acceptors (Lipinski definition) is 2. The maximum absolute atomic E-state index is 4.78. The Bertz CT molecular complexity index is 86.5. The van der Waals surface area contributed by atoms with Crippen LogP contribution in [0.1, 0.15) is 20.3 Å². The predicted molar refractivity (Wildman–Crippen MR) is 30.0 cm³/mol. The lowest BCUT2D eigenvalue weighted by molar-refractivity contribution is -0.499. The van der Waals surface area contributed by atoms with E-state index in [9.17, 15) is 0 Å². The lowest BCUT2D eigenvalue weighted by Gasteiger charge is -2.41. The van der Waals surface area contributed by atoms with Gasteiger partial charge in [0.25, 0.3) is 0 Å². The van der Waals surface area contributed by atoms with Crippen LogP contribution in [0.25, 0.3) is 0 Å². The van der Waals surface area contributed by atoms with E-state index in [2.05, 4.69) is 6.92 Å². The normalized spacial score (nSPS) is 34.1. The maximum Gasteiger partial charge on any atom is 0.127 e. The third kappa shape index (κ3) is 0.740. The SMILES string of the molecule is [CH2]CC1OOC1(C)C. The van der Waals surface area contributed by atoms with Gasteiger partial charge in [-0.2, -0.15) is 0 Å². The van der Waals surface area contributed by atoms with E-state index in [1.165, 1.54) is 0 Å². The first kappa shape index (κ1) is 6.05. The zero-order valence-corrected chi connectivity index (χ0v) is 5.31. The van der Waals surface area contributed by atoms with E-state index in [0.29, 0.717) is 0 Å². The second kappa shape index (κ2) is 1.71. The summed E-state index contributed by atoms with van der Waals surface area (Å²) in [5, 5.41) is 0. The molecule has 2 nitrogen and oxygen atoms in total. The molecule has 0 saturated carbocycles. The fourth-order valence-corrected chi connectivity index (χ4v) is 0.704. The van der Waals surface area contributed by atoms with Gasteiger partial charge in [0.1, 0.15) is 11.7 Å². The Morgan fingerprint density at radius 1 is 1.62 bits per heavy atom. The highest BCUT2D eigenvalue weighted by molar-refractivity contribution is 4.83. The molecule has 2 heteroatoms. The Labute approximate surface area is 49.7 Å². The molecule has 0 aromatic heterocycles. The van der Waals surface area contributed by atoms with Crippen molar-refractivity contribution in [1.29, 1.82) is 0 Å². The van der Waals surface area contributed by atoms with Crippen LogP contribution in [0.2, 0.25) is 0 Å². The Morgan fingerprint density at radius 3 is 2.25 bits per heavy atom. The summed E-state index contributed by atoms with van der Waals surface area (Å²) in [6, 6.07) is 0. The van der Waals surface area contributed by atoms with Gasteiger partial charge in [0.2, 0.25) is 0 Å². The van der Waals surface area contributed by atoms with Gasteiger partial charge in [-0.05, 0) is 20.3 Å². The van der Waals surface area contributed by atoms with Gasteiger partial charge in [-0.15, -0.1) is 0 Å². The standard InChI is InChI=1S/C6H11O2/c1-4-5-6(2,3)8-7-5/h5H,1,4H2,2-3H3. The summed E-state index contributed by atoms with van der Waals surface area (Å²) in [5.41, 5.74) is -0.0955. The van der Waals surface area contributed by atoms with Gasteiger partial charge < -0.3 is 0 Å². The summed E-state index contributed by atoms with van der Waals surface area (Å²) in [5.74, 6) is 0. The first-order valence-corrected chi connectivity index (χ1v) is 2.80. The summed E-state index contributed by atoms with van der Waals surface area (Å²) in [6.45, 7) is 7.68. The van der Waals surface area contributed by atoms with Gasteiger partial charge in [0.05, 0.1) is 0 Å². The largest absolute Gasteiger partial charge is 0.230 e. The third-order valence-corrected chi connectivity index (χ3v) is 1.42. The van der Waals surface area contributed by atoms with Gasteiger partial charge in [-0.1, -0.05) is 6.92 Å². The Balaban J connectivity index is 2.37. The zero-order chi connectivity index (χ0) is 6.20. The van der Waals surface area contributed by atoms with Crippen LogP contribution in [-0.2, 0) is 9.78 Å². The summed E-state index contributed by atoms with van der Waals surface area (Å²) in [6.07, 6.45) is 0.981. The van der Waals surface area contributed by atoms with Crippen LogP contribution in [0, 0.1) is 6.92 Å². The van der Waals surface area contributed by atoms with Crippen LogP contribution in [0.3, 0.4) is 0 Å². The third-order valence-electron chi connectivity index (χ3n) is 1.42. The molecular weight excluding hydrogens is 104 g/mol. The van der Waals surface area contributed by atoms with Crippen molar-refractivity contribution < 1.29 is 9.78 Å². The van der Waals surface area contributed by atoms with E-state index < -0.39 is 0 Å². The topological polar surface area (TPSA) is 18.5 Å². The molecule has 1 saturated heterocycles. The molecule has 1 radical (unpaired) electrons. The van der Waals surface area contributed by atoms with Crippen LogP contribution >= 0.6 is 0 Å². The van der Waals surface area contributed by atoms with Crippen molar-refractivity contribution in [3.63, 3.8) is 0 Å². The van der Waals surface area contributed by atoms with Crippen LogP contribution in [0.5, 0.6) is 0 Å². The van der Waals surface area contributed by atoms with Crippen LogP contribution in [0.4, 0.5) is 0 Å². The molecule has 8 heavy (non-hydrogen) atoms. The fraction of sp³-hybridized carbons (Fsp3) is 0.833. The summed E-state index contributed by atoms with van der Waals surface area (Å²) < 4.78 is 0. The molecule has 1 heterocycles. The van der Waals surface area contributed by atoms with Crippen molar-refractivity contribution in [2.24, 2.45) is 0 Å². The van der Waals surface area contributed by atoms with E-state index in [0.717, 1.165) is 6.42 Å². The van der Waals surface area contributed by atoms with Gasteiger partial charge in [-0.25, -0.2) is 9.78 Å². The van der Waals surface area contributed by atoms with Crippen molar-refractivity contribution in [2.75, 3.05) is 0 Å². The molecule has 0 aromatic rings. The quantitative estimate of drug-likeness (QED) is 0.480. The molecule has 0 amide bonds. The van der Waals surface area contributed by atoms with E-state index >= 15 is 0 Å². The van der Waals surface area contributed by atoms with Crippen molar-refractivity contribution >= 4 is 0 Å². The molecule has 0 spiro atoms. The molecule has 0 aromatic carbocycles. The lowest BCUT2D eigenvalue weighted by Crippen LogP contribution is -2.51. The highest BCUT2D eigenvalue weighted by Gasteiger charge is 2.41. The minimum absolute atomic E-state index is 0.0955. The van der Waals surface area contributed by atoms with Crippen LogP contribution in [-0.4, -0.2) is 11.7 Å². The summed E-state index contributed by atoms with van der Waals surface area (Å²) in [4.78, 5) is 9.51. The summed E-state index contributed by atoms with van der Waals surface area (Å²) in [7, 11) is 0. The smallest absolute Gasteiger partial charge is 0.127 e. The zero-order valence-electron chi connectivity index (χ0n) is 5.31. The van der Waals surface area contributed by atoms with Crippen molar-refractivity contribution in [3.05, 3.63) is 6.92 Å². The first-order chi connectivity index (χ1) is 3.67. The van der Waals surface area contributed by atoms with E-state index in [1.807, 2.05) is 13.8 Å². The Morgan fingerprint density at radius 2 is 2.25 bits per heavy atom. The molecule has 1 aliphatic heterocycles. The van der Waals surface area contributed by atoms with E-state index in [4.69, 9.17) is 9.78 Å². The van der Waals surface area contributed by atoms with Gasteiger partial charge >= 0.3 is 0 Å². The van der Waals surface area contributed by atoms with Gasteiger partial charge in [0.15, 0.2) is 0 Å². The molecule has 1 fully saturated rings. The molecule has 47 valence electrons. The van der Waals surface area contributed by atoms with Crippen molar-refractivity contribution in [2.45, 2.75) is 32.0 Å². The first-order valence-electron chi connectivity index (χ1n) is 2.80. The van der Waals surface area contributed by atoms with Crippen molar-refractivity contribution in [1.82, 2.24) is 0 Å². The number of hydrogen-bond donors (Lipinski definition) is 0. The monoisotopic (exact) mass is 115 g/mol. The highest BCUT2D eigenvalue weighted by Crippen LogP contribution is 2.30. The van der Waals surface area contributed by atoms with E-state index in [-0.39, 0.29) is 11.7 Å². The second-order valence-corrected chi connectivity index (χ2v) is 2.56. The van der Waals surface area contributed by atoms with Crippen LogP contribution < -0.4 is 0 Å². The minimum atomic E-state index is -0.0955. The highest BCUT2D eigenvalue weighted by atomic mass is 17.3. The van der Waals surface area contributed by atoms with Gasteiger partial charge in [-0.3, -0.25) is 0 Å². The lowest BCUT2D eigenvalue weighted by atomic mass is 9.98. The van der Waals surface area contributed by atoms with Gasteiger partial charge in [0, 0.05) is 0 Å². The van der Waals surface area contributed by atoms with E-state index in [1.54, 1.807) is 0 Å². The Hall–Kier alpha value is -0.0800. The number of rotatable bonds is 1. The average Bonchev–Trinajstić information content (AvgIpc) is 1.66.